The van der Waals surface area contributed by atoms with Gasteiger partial charge in [-0.2, -0.15) is 0 Å². The van der Waals surface area contributed by atoms with Crippen molar-refractivity contribution in [2.24, 2.45) is 29.6 Å². The Labute approximate surface area is 95.6 Å². The molecule has 0 bridgehead atoms. The van der Waals surface area contributed by atoms with Crippen molar-refractivity contribution in [3.63, 3.8) is 0 Å². The first-order valence-corrected chi connectivity index (χ1v) is 6.51. The van der Waals surface area contributed by atoms with E-state index in [9.17, 15) is 0 Å². The molecule has 1 heteroatoms. The summed E-state index contributed by atoms with van der Waals surface area (Å²) < 4.78 is 5.48. The SMILES string of the molecule is COC(C)C(C)C1CCC(C)C(C)C1C. The van der Waals surface area contributed by atoms with E-state index in [0.717, 1.165) is 23.7 Å². The molecule has 1 fully saturated rings. The van der Waals surface area contributed by atoms with Crippen molar-refractivity contribution in [1.82, 2.24) is 0 Å². The third-order valence-electron chi connectivity index (χ3n) is 5.15. The summed E-state index contributed by atoms with van der Waals surface area (Å²) in [6, 6.07) is 0. The number of hydrogen-bond acceptors (Lipinski definition) is 1. The Morgan fingerprint density at radius 1 is 1.00 bits per heavy atom. The van der Waals surface area contributed by atoms with Gasteiger partial charge in [-0.15, -0.1) is 0 Å². The molecule has 0 aromatic heterocycles. The van der Waals surface area contributed by atoms with Gasteiger partial charge in [0.1, 0.15) is 0 Å². The fourth-order valence-electron chi connectivity index (χ4n) is 3.19. The first-order valence-electron chi connectivity index (χ1n) is 6.51. The van der Waals surface area contributed by atoms with Crippen LogP contribution >= 0.6 is 0 Å². The zero-order valence-electron chi connectivity index (χ0n) is 11.3. The predicted molar refractivity (Wildman–Crippen MR) is 65.9 cm³/mol. The Hall–Kier alpha value is -0.0400. The fourth-order valence-corrected chi connectivity index (χ4v) is 3.19. The summed E-state index contributed by atoms with van der Waals surface area (Å²) >= 11 is 0. The van der Waals surface area contributed by atoms with Crippen molar-refractivity contribution in [2.45, 2.75) is 53.6 Å². The molecule has 0 aromatic rings. The van der Waals surface area contributed by atoms with Crippen molar-refractivity contribution in [3.8, 4) is 0 Å². The number of rotatable bonds is 3. The summed E-state index contributed by atoms with van der Waals surface area (Å²) in [4.78, 5) is 0. The monoisotopic (exact) mass is 212 g/mol. The first kappa shape index (κ1) is 13.0. The molecule has 1 saturated carbocycles. The van der Waals surface area contributed by atoms with Crippen LogP contribution in [-0.4, -0.2) is 13.2 Å². The molecule has 90 valence electrons. The number of ether oxygens (including phenoxy) is 1. The van der Waals surface area contributed by atoms with Crippen LogP contribution in [0.15, 0.2) is 0 Å². The standard InChI is InChI=1S/C14H28O/c1-9-7-8-14(11(3)10(9)2)12(4)13(5)15-6/h9-14H,7-8H2,1-6H3. The molecule has 0 spiro atoms. The molecule has 1 nitrogen and oxygen atoms in total. The summed E-state index contributed by atoms with van der Waals surface area (Å²) in [6.07, 6.45) is 3.19. The highest BCUT2D eigenvalue weighted by Gasteiger charge is 2.36. The van der Waals surface area contributed by atoms with Gasteiger partial charge in [-0.05, 0) is 42.9 Å². The third kappa shape index (κ3) is 2.75. The quantitative estimate of drug-likeness (QED) is 0.687. The molecular formula is C14H28O. The molecule has 0 aliphatic heterocycles. The van der Waals surface area contributed by atoms with Crippen LogP contribution in [0.5, 0.6) is 0 Å². The van der Waals surface area contributed by atoms with E-state index in [0.29, 0.717) is 12.0 Å². The third-order valence-corrected chi connectivity index (χ3v) is 5.15. The molecule has 6 unspecified atom stereocenters. The highest BCUT2D eigenvalue weighted by atomic mass is 16.5. The minimum absolute atomic E-state index is 0.401. The summed E-state index contributed by atoms with van der Waals surface area (Å²) in [6.45, 7) is 11.8. The minimum atomic E-state index is 0.401. The lowest BCUT2D eigenvalue weighted by atomic mass is 9.64. The molecule has 0 radical (unpaired) electrons. The maximum Gasteiger partial charge on any atom is 0.0571 e. The van der Waals surface area contributed by atoms with Gasteiger partial charge in [-0.1, -0.05) is 34.1 Å². The molecule has 0 N–H and O–H groups in total. The van der Waals surface area contributed by atoms with Gasteiger partial charge in [0.25, 0.3) is 0 Å². The van der Waals surface area contributed by atoms with Gasteiger partial charge >= 0.3 is 0 Å². The largest absolute Gasteiger partial charge is 0.381 e. The van der Waals surface area contributed by atoms with E-state index in [-0.39, 0.29) is 0 Å². The van der Waals surface area contributed by atoms with Crippen LogP contribution in [0.4, 0.5) is 0 Å². The van der Waals surface area contributed by atoms with E-state index < -0.39 is 0 Å². The molecule has 1 rings (SSSR count). The van der Waals surface area contributed by atoms with Gasteiger partial charge in [-0.3, -0.25) is 0 Å². The van der Waals surface area contributed by atoms with Crippen LogP contribution in [-0.2, 0) is 4.74 Å². The maximum atomic E-state index is 5.48. The lowest BCUT2D eigenvalue weighted by molar-refractivity contribution is 0.00116. The summed E-state index contributed by atoms with van der Waals surface area (Å²) in [5.41, 5.74) is 0. The molecular weight excluding hydrogens is 184 g/mol. The van der Waals surface area contributed by atoms with Gasteiger partial charge < -0.3 is 4.74 Å². The Kier molecular flexibility index (Phi) is 4.64. The molecule has 0 amide bonds. The Bertz CT molecular complexity index is 186. The molecule has 15 heavy (non-hydrogen) atoms. The lowest BCUT2D eigenvalue weighted by Gasteiger charge is -2.42. The van der Waals surface area contributed by atoms with Crippen LogP contribution in [0.25, 0.3) is 0 Å². The van der Waals surface area contributed by atoms with Crippen LogP contribution in [0.2, 0.25) is 0 Å². The van der Waals surface area contributed by atoms with Crippen molar-refractivity contribution < 1.29 is 4.74 Å². The highest BCUT2D eigenvalue weighted by molar-refractivity contribution is 4.85. The Morgan fingerprint density at radius 2 is 1.60 bits per heavy atom. The maximum absolute atomic E-state index is 5.48. The molecule has 1 aliphatic rings. The van der Waals surface area contributed by atoms with Gasteiger partial charge in [-0.25, -0.2) is 0 Å². The lowest BCUT2D eigenvalue weighted by Crippen LogP contribution is -2.37. The highest BCUT2D eigenvalue weighted by Crippen LogP contribution is 2.42. The second-order valence-electron chi connectivity index (χ2n) is 5.74. The molecule has 1 aliphatic carbocycles. The Balaban J connectivity index is 2.62. The second kappa shape index (κ2) is 5.34. The van der Waals surface area contributed by atoms with Crippen molar-refractivity contribution in [3.05, 3.63) is 0 Å². The van der Waals surface area contributed by atoms with Gasteiger partial charge in [0.05, 0.1) is 6.10 Å². The van der Waals surface area contributed by atoms with E-state index in [1.54, 1.807) is 0 Å². The predicted octanol–water partition coefficient (Wildman–Crippen LogP) is 3.98. The average molecular weight is 212 g/mol. The number of methoxy groups -OCH3 is 1. The summed E-state index contributed by atoms with van der Waals surface area (Å²) in [7, 11) is 1.83. The number of hydrogen-bond donors (Lipinski definition) is 0. The van der Waals surface area contributed by atoms with Crippen molar-refractivity contribution in [2.75, 3.05) is 7.11 Å². The molecule has 0 aromatic carbocycles. The van der Waals surface area contributed by atoms with Crippen LogP contribution in [0.1, 0.15) is 47.5 Å². The van der Waals surface area contributed by atoms with E-state index in [1.807, 2.05) is 7.11 Å². The van der Waals surface area contributed by atoms with Gasteiger partial charge in [0, 0.05) is 7.11 Å². The van der Waals surface area contributed by atoms with Crippen molar-refractivity contribution >= 4 is 0 Å². The van der Waals surface area contributed by atoms with Crippen LogP contribution in [0.3, 0.4) is 0 Å². The smallest absolute Gasteiger partial charge is 0.0571 e. The van der Waals surface area contributed by atoms with Crippen LogP contribution < -0.4 is 0 Å². The molecule has 0 heterocycles. The van der Waals surface area contributed by atoms with Gasteiger partial charge in [0.2, 0.25) is 0 Å². The van der Waals surface area contributed by atoms with E-state index >= 15 is 0 Å². The minimum Gasteiger partial charge on any atom is -0.381 e. The zero-order valence-corrected chi connectivity index (χ0v) is 11.3. The van der Waals surface area contributed by atoms with E-state index in [4.69, 9.17) is 4.74 Å². The van der Waals surface area contributed by atoms with Gasteiger partial charge in [0.15, 0.2) is 0 Å². The van der Waals surface area contributed by atoms with E-state index in [2.05, 4.69) is 34.6 Å². The first-order chi connectivity index (χ1) is 6.99. The van der Waals surface area contributed by atoms with E-state index in [1.165, 1.54) is 12.8 Å². The zero-order chi connectivity index (χ0) is 11.6. The molecule has 0 saturated heterocycles. The second-order valence-corrected chi connectivity index (χ2v) is 5.74. The summed E-state index contributed by atoms with van der Waals surface area (Å²) in [5.74, 6) is 4.17. The fraction of sp³-hybridized carbons (Fsp3) is 1.00. The van der Waals surface area contributed by atoms with Crippen LogP contribution in [0, 0.1) is 29.6 Å². The van der Waals surface area contributed by atoms with Crippen molar-refractivity contribution in [1.29, 1.82) is 0 Å². The Morgan fingerprint density at radius 3 is 2.13 bits per heavy atom. The normalized spacial score (nSPS) is 41.2. The molecule has 6 atom stereocenters. The average Bonchev–Trinajstić information content (AvgIpc) is 2.24. The topological polar surface area (TPSA) is 9.23 Å². The summed E-state index contributed by atoms with van der Waals surface area (Å²) in [5, 5.41) is 0.